The molecule has 2 aromatic rings. The second-order valence-electron chi connectivity index (χ2n) is 5.33. The van der Waals surface area contributed by atoms with Crippen LogP contribution in [0, 0.1) is 0 Å². The number of aromatic nitrogens is 2. The summed E-state index contributed by atoms with van der Waals surface area (Å²) >= 11 is 6.06. The van der Waals surface area contributed by atoms with Gasteiger partial charge in [0.05, 0.1) is 17.1 Å². The lowest BCUT2D eigenvalue weighted by atomic mass is 10.2. The first-order valence-corrected chi connectivity index (χ1v) is 7.96. The molecular formula is C16H24ClN3. The Bertz CT molecular complexity index is 562. The van der Waals surface area contributed by atoms with Crippen LogP contribution in [-0.2, 0) is 6.54 Å². The Morgan fingerprint density at radius 1 is 1.25 bits per heavy atom. The third kappa shape index (κ3) is 3.33. The molecule has 3 nitrogen and oxygen atoms in total. The van der Waals surface area contributed by atoms with Gasteiger partial charge in [0.1, 0.15) is 5.82 Å². The highest BCUT2D eigenvalue weighted by Crippen LogP contribution is 2.24. The fourth-order valence-corrected chi connectivity index (χ4v) is 2.69. The Hall–Kier alpha value is -1.06. The molecule has 0 radical (unpaired) electrons. The summed E-state index contributed by atoms with van der Waals surface area (Å²) in [6, 6.07) is 5.89. The van der Waals surface area contributed by atoms with Crippen molar-refractivity contribution in [1.29, 1.82) is 0 Å². The van der Waals surface area contributed by atoms with Gasteiger partial charge in [-0.2, -0.15) is 0 Å². The molecule has 4 heteroatoms. The molecule has 0 spiro atoms. The van der Waals surface area contributed by atoms with Gasteiger partial charge in [-0.3, -0.25) is 0 Å². The maximum atomic E-state index is 6.21. The highest BCUT2D eigenvalue weighted by Gasteiger charge is 2.15. The molecule has 110 valence electrons. The van der Waals surface area contributed by atoms with E-state index in [0.717, 1.165) is 34.8 Å². The quantitative estimate of drug-likeness (QED) is 0.753. The van der Waals surface area contributed by atoms with Crippen LogP contribution in [0.3, 0.4) is 0 Å². The first-order chi connectivity index (χ1) is 9.67. The minimum atomic E-state index is -0.00708. The lowest BCUT2D eigenvalue weighted by molar-refractivity contribution is 0.541. The smallest absolute Gasteiger partial charge is 0.126 e. The largest absolute Gasteiger partial charge is 0.327 e. The van der Waals surface area contributed by atoms with E-state index in [9.17, 15) is 0 Å². The van der Waals surface area contributed by atoms with Crippen LogP contribution in [-0.4, -0.2) is 9.55 Å². The molecule has 1 unspecified atom stereocenters. The van der Waals surface area contributed by atoms with Crippen molar-refractivity contribution >= 4 is 22.6 Å². The number of hydrogen-bond donors (Lipinski definition) is 1. The van der Waals surface area contributed by atoms with E-state index in [4.69, 9.17) is 22.3 Å². The van der Waals surface area contributed by atoms with Crippen LogP contribution in [0.1, 0.15) is 57.8 Å². The molecule has 1 aromatic carbocycles. The standard InChI is InChI=1S/C16H24ClN3/c1-3-5-6-7-10-20-15-9-8-12(17)11-14(15)19-16(20)13(18)4-2/h8-9,11,13H,3-7,10,18H2,1-2H3. The maximum Gasteiger partial charge on any atom is 0.126 e. The van der Waals surface area contributed by atoms with E-state index in [1.165, 1.54) is 25.7 Å². The molecule has 2 rings (SSSR count). The summed E-state index contributed by atoms with van der Waals surface area (Å²) in [5, 5.41) is 0.727. The minimum absolute atomic E-state index is 0.00708. The molecule has 0 bridgehead atoms. The van der Waals surface area contributed by atoms with Crippen molar-refractivity contribution in [2.24, 2.45) is 5.73 Å². The van der Waals surface area contributed by atoms with Gasteiger partial charge < -0.3 is 10.3 Å². The first-order valence-electron chi connectivity index (χ1n) is 7.58. The van der Waals surface area contributed by atoms with E-state index in [0.29, 0.717) is 0 Å². The summed E-state index contributed by atoms with van der Waals surface area (Å²) in [6.07, 6.45) is 5.86. The van der Waals surface area contributed by atoms with Crippen LogP contribution in [0.5, 0.6) is 0 Å². The van der Waals surface area contributed by atoms with Crippen molar-refractivity contribution in [1.82, 2.24) is 9.55 Å². The average Bonchev–Trinajstić information content (AvgIpc) is 2.80. The second kappa shape index (κ2) is 7.09. The summed E-state index contributed by atoms with van der Waals surface area (Å²) < 4.78 is 2.27. The van der Waals surface area contributed by atoms with E-state index in [1.54, 1.807) is 0 Å². The topological polar surface area (TPSA) is 43.8 Å². The zero-order chi connectivity index (χ0) is 14.5. The number of fused-ring (bicyclic) bond motifs is 1. The third-order valence-electron chi connectivity index (χ3n) is 3.75. The van der Waals surface area contributed by atoms with Crippen molar-refractivity contribution in [3.05, 3.63) is 29.0 Å². The second-order valence-corrected chi connectivity index (χ2v) is 5.77. The van der Waals surface area contributed by atoms with Gasteiger partial charge in [-0.15, -0.1) is 0 Å². The number of halogens is 1. The van der Waals surface area contributed by atoms with E-state index in [2.05, 4.69) is 24.5 Å². The summed E-state index contributed by atoms with van der Waals surface area (Å²) in [6.45, 7) is 5.31. The summed E-state index contributed by atoms with van der Waals surface area (Å²) in [5.74, 6) is 0.987. The zero-order valence-electron chi connectivity index (χ0n) is 12.4. The van der Waals surface area contributed by atoms with Gasteiger partial charge >= 0.3 is 0 Å². The number of benzene rings is 1. The van der Waals surface area contributed by atoms with E-state index < -0.39 is 0 Å². The van der Waals surface area contributed by atoms with Crippen LogP contribution in [0.15, 0.2) is 18.2 Å². The van der Waals surface area contributed by atoms with Crippen LogP contribution >= 0.6 is 11.6 Å². The van der Waals surface area contributed by atoms with Crippen molar-refractivity contribution < 1.29 is 0 Å². The van der Waals surface area contributed by atoms with Crippen LogP contribution < -0.4 is 5.73 Å². The van der Waals surface area contributed by atoms with Crippen LogP contribution in [0.25, 0.3) is 11.0 Å². The SMILES string of the molecule is CCCCCCn1c(C(N)CC)nc2cc(Cl)ccc21. The Morgan fingerprint density at radius 2 is 2.05 bits per heavy atom. The van der Waals surface area contributed by atoms with Gasteiger partial charge in [-0.05, 0) is 31.0 Å². The van der Waals surface area contributed by atoms with Gasteiger partial charge in [0.15, 0.2) is 0 Å². The maximum absolute atomic E-state index is 6.21. The lowest BCUT2D eigenvalue weighted by Gasteiger charge is -2.13. The normalized spacial score (nSPS) is 13.0. The van der Waals surface area contributed by atoms with Gasteiger partial charge in [-0.25, -0.2) is 4.98 Å². The number of nitrogens with zero attached hydrogens (tertiary/aromatic N) is 2. The third-order valence-corrected chi connectivity index (χ3v) is 3.98. The van der Waals surface area contributed by atoms with Gasteiger partial charge in [0, 0.05) is 11.6 Å². The van der Waals surface area contributed by atoms with E-state index in [1.807, 2.05) is 12.1 Å². The number of imidazole rings is 1. The fourth-order valence-electron chi connectivity index (χ4n) is 2.52. The molecule has 0 saturated carbocycles. The summed E-state index contributed by atoms with van der Waals surface area (Å²) in [7, 11) is 0. The first kappa shape index (κ1) is 15.3. The molecule has 2 N–H and O–H groups in total. The molecule has 0 fully saturated rings. The lowest BCUT2D eigenvalue weighted by Crippen LogP contribution is -2.16. The number of unbranched alkanes of at least 4 members (excludes halogenated alkanes) is 3. The number of rotatable bonds is 7. The number of nitrogens with two attached hydrogens (primary N) is 1. The molecule has 0 aliphatic heterocycles. The Balaban J connectivity index is 2.32. The van der Waals surface area contributed by atoms with Crippen molar-refractivity contribution in [2.75, 3.05) is 0 Å². The van der Waals surface area contributed by atoms with Gasteiger partial charge in [0.2, 0.25) is 0 Å². The van der Waals surface area contributed by atoms with Crippen molar-refractivity contribution in [3.8, 4) is 0 Å². The predicted octanol–water partition coefficient (Wildman–Crippen LogP) is 4.68. The molecule has 1 aromatic heterocycles. The number of aryl methyl sites for hydroxylation is 1. The Morgan fingerprint density at radius 3 is 2.75 bits per heavy atom. The van der Waals surface area contributed by atoms with Crippen molar-refractivity contribution in [3.63, 3.8) is 0 Å². The van der Waals surface area contributed by atoms with E-state index >= 15 is 0 Å². The molecule has 0 amide bonds. The van der Waals surface area contributed by atoms with Crippen LogP contribution in [0.2, 0.25) is 5.02 Å². The molecular weight excluding hydrogens is 270 g/mol. The van der Waals surface area contributed by atoms with Gasteiger partial charge in [0.25, 0.3) is 0 Å². The zero-order valence-corrected chi connectivity index (χ0v) is 13.2. The number of hydrogen-bond acceptors (Lipinski definition) is 2. The highest BCUT2D eigenvalue weighted by atomic mass is 35.5. The average molecular weight is 294 g/mol. The predicted molar refractivity (Wildman–Crippen MR) is 86.1 cm³/mol. The monoisotopic (exact) mass is 293 g/mol. The Labute approximate surface area is 126 Å². The van der Waals surface area contributed by atoms with Crippen molar-refractivity contribution in [2.45, 2.75) is 58.5 Å². The summed E-state index contributed by atoms with van der Waals surface area (Å²) in [4.78, 5) is 4.70. The fraction of sp³-hybridized carbons (Fsp3) is 0.562. The minimum Gasteiger partial charge on any atom is -0.327 e. The Kier molecular flexibility index (Phi) is 5.44. The summed E-state index contributed by atoms with van der Waals surface area (Å²) in [5.41, 5.74) is 8.31. The molecule has 20 heavy (non-hydrogen) atoms. The highest BCUT2D eigenvalue weighted by molar-refractivity contribution is 6.31. The molecule has 1 heterocycles. The van der Waals surface area contributed by atoms with E-state index in [-0.39, 0.29) is 6.04 Å². The van der Waals surface area contributed by atoms with Gasteiger partial charge in [-0.1, -0.05) is 44.7 Å². The van der Waals surface area contributed by atoms with Crippen LogP contribution in [0.4, 0.5) is 0 Å². The molecule has 1 atom stereocenters. The molecule has 0 saturated heterocycles. The molecule has 0 aliphatic rings. The molecule has 0 aliphatic carbocycles.